The van der Waals surface area contributed by atoms with Gasteiger partial charge in [0, 0.05) is 31.7 Å². The van der Waals surface area contributed by atoms with Gasteiger partial charge in [-0.2, -0.15) is 0 Å². The number of likely N-dealkylation sites (tertiary alicyclic amines) is 1. The summed E-state index contributed by atoms with van der Waals surface area (Å²) in [7, 11) is 2.12. The second-order valence-corrected chi connectivity index (χ2v) is 6.87. The van der Waals surface area contributed by atoms with Gasteiger partial charge < -0.3 is 15.0 Å². The highest BCUT2D eigenvalue weighted by atomic mass is 16.5. The van der Waals surface area contributed by atoms with E-state index in [0.717, 1.165) is 31.0 Å². The van der Waals surface area contributed by atoms with E-state index in [9.17, 15) is 0 Å². The molecule has 0 radical (unpaired) electrons. The van der Waals surface area contributed by atoms with E-state index in [-0.39, 0.29) is 0 Å². The third-order valence-electron chi connectivity index (χ3n) is 5.73. The van der Waals surface area contributed by atoms with Crippen molar-refractivity contribution >= 4 is 0 Å². The van der Waals surface area contributed by atoms with Gasteiger partial charge in [0.25, 0.3) is 0 Å². The SMILES string of the molecule is CNC(CN1CCC2CCCCC2C1)C1CCOC1. The van der Waals surface area contributed by atoms with Crippen LogP contribution < -0.4 is 5.32 Å². The van der Waals surface area contributed by atoms with E-state index in [2.05, 4.69) is 17.3 Å². The van der Waals surface area contributed by atoms with E-state index in [4.69, 9.17) is 4.74 Å². The molecule has 3 rings (SSSR count). The Labute approximate surface area is 118 Å². The maximum Gasteiger partial charge on any atom is 0.0510 e. The minimum absolute atomic E-state index is 0.627. The highest BCUT2D eigenvalue weighted by Crippen LogP contribution is 2.36. The molecule has 1 aliphatic carbocycles. The lowest BCUT2D eigenvalue weighted by molar-refractivity contribution is 0.0729. The van der Waals surface area contributed by atoms with Gasteiger partial charge in [-0.1, -0.05) is 19.3 Å². The highest BCUT2D eigenvalue weighted by molar-refractivity contribution is 4.87. The summed E-state index contributed by atoms with van der Waals surface area (Å²) in [5, 5.41) is 3.54. The van der Waals surface area contributed by atoms with Crippen LogP contribution >= 0.6 is 0 Å². The summed E-state index contributed by atoms with van der Waals surface area (Å²) >= 11 is 0. The molecule has 3 nitrogen and oxygen atoms in total. The van der Waals surface area contributed by atoms with Crippen molar-refractivity contribution in [3.8, 4) is 0 Å². The van der Waals surface area contributed by atoms with E-state index < -0.39 is 0 Å². The van der Waals surface area contributed by atoms with Crippen molar-refractivity contribution < 1.29 is 4.74 Å². The number of nitrogens with zero attached hydrogens (tertiary/aromatic N) is 1. The van der Waals surface area contributed by atoms with Gasteiger partial charge in [0.05, 0.1) is 6.61 Å². The first kappa shape index (κ1) is 13.8. The van der Waals surface area contributed by atoms with Gasteiger partial charge in [-0.15, -0.1) is 0 Å². The molecule has 110 valence electrons. The first-order valence-corrected chi connectivity index (χ1v) is 8.34. The Morgan fingerprint density at radius 3 is 2.74 bits per heavy atom. The summed E-state index contributed by atoms with van der Waals surface area (Å²) in [6.45, 7) is 5.84. The third kappa shape index (κ3) is 3.32. The summed E-state index contributed by atoms with van der Waals surface area (Å²) < 4.78 is 5.56. The molecule has 0 amide bonds. The van der Waals surface area contributed by atoms with E-state index in [1.54, 1.807) is 0 Å². The van der Waals surface area contributed by atoms with Crippen LogP contribution in [0.1, 0.15) is 38.5 Å². The Kier molecular flexibility index (Phi) is 4.78. The van der Waals surface area contributed by atoms with Crippen LogP contribution in [0.15, 0.2) is 0 Å². The lowest BCUT2D eigenvalue weighted by Crippen LogP contribution is -2.49. The predicted molar refractivity (Wildman–Crippen MR) is 78.3 cm³/mol. The molecular weight excluding hydrogens is 236 g/mol. The van der Waals surface area contributed by atoms with Crippen molar-refractivity contribution in [2.24, 2.45) is 17.8 Å². The van der Waals surface area contributed by atoms with Crippen LogP contribution in [-0.2, 0) is 4.74 Å². The number of ether oxygens (including phenoxy) is 1. The first-order valence-electron chi connectivity index (χ1n) is 8.34. The quantitative estimate of drug-likeness (QED) is 0.843. The Balaban J connectivity index is 1.51. The summed E-state index contributed by atoms with van der Waals surface area (Å²) in [5.74, 6) is 2.78. The summed E-state index contributed by atoms with van der Waals surface area (Å²) in [5.41, 5.74) is 0. The van der Waals surface area contributed by atoms with E-state index in [1.807, 2.05) is 0 Å². The predicted octanol–water partition coefficient (Wildman–Crippen LogP) is 2.12. The standard InChI is InChI=1S/C16H30N2O/c1-17-16(15-7-9-19-12-15)11-18-8-6-13-4-2-3-5-14(13)10-18/h13-17H,2-12H2,1H3. The monoisotopic (exact) mass is 266 g/mol. The number of hydrogen-bond acceptors (Lipinski definition) is 3. The van der Waals surface area contributed by atoms with Crippen LogP contribution in [-0.4, -0.2) is 50.8 Å². The molecule has 3 heteroatoms. The second-order valence-electron chi connectivity index (χ2n) is 6.87. The largest absolute Gasteiger partial charge is 0.381 e. The molecule has 3 aliphatic rings. The number of likely N-dealkylation sites (N-methyl/N-ethyl adjacent to an activating group) is 1. The lowest BCUT2D eigenvalue weighted by Gasteiger charge is -2.42. The molecule has 4 unspecified atom stereocenters. The van der Waals surface area contributed by atoms with Crippen molar-refractivity contribution in [2.75, 3.05) is 39.9 Å². The highest BCUT2D eigenvalue weighted by Gasteiger charge is 2.33. The van der Waals surface area contributed by atoms with Crippen LogP contribution in [0.4, 0.5) is 0 Å². The minimum Gasteiger partial charge on any atom is -0.381 e. The van der Waals surface area contributed by atoms with Gasteiger partial charge in [-0.3, -0.25) is 0 Å². The number of nitrogens with one attached hydrogen (secondary N) is 1. The van der Waals surface area contributed by atoms with Gasteiger partial charge in [0.15, 0.2) is 0 Å². The molecule has 19 heavy (non-hydrogen) atoms. The molecule has 4 atom stereocenters. The number of rotatable bonds is 4. The van der Waals surface area contributed by atoms with Gasteiger partial charge in [-0.05, 0) is 44.7 Å². The van der Waals surface area contributed by atoms with Crippen LogP contribution in [0, 0.1) is 17.8 Å². The Morgan fingerprint density at radius 2 is 2.00 bits per heavy atom. The molecule has 0 aromatic heterocycles. The third-order valence-corrected chi connectivity index (χ3v) is 5.73. The van der Waals surface area contributed by atoms with E-state index >= 15 is 0 Å². The van der Waals surface area contributed by atoms with Crippen LogP contribution in [0.25, 0.3) is 0 Å². The smallest absolute Gasteiger partial charge is 0.0510 e. The number of piperidine rings is 1. The molecule has 1 N–H and O–H groups in total. The maximum atomic E-state index is 5.56. The zero-order valence-electron chi connectivity index (χ0n) is 12.4. The van der Waals surface area contributed by atoms with Gasteiger partial charge in [0.1, 0.15) is 0 Å². The molecule has 1 saturated carbocycles. The fourth-order valence-corrected chi connectivity index (χ4v) is 4.47. The zero-order valence-corrected chi connectivity index (χ0v) is 12.4. The Bertz CT molecular complexity index is 278. The average Bonchev–Trinajstić information content (AvgIpc) is 2.98. The molecule has 3 fully saturated rings. The van der Waals surface area contributed by atoms with Gasteiger partial charge in [-0.25, -0.2) is 0 Å². The van der Waals surface area contributed by atoms with E-state index in [1.165, 1.54) is 58.2 Å². The number of fused-ring (bicyclic) bond motifs is 1. The summed E-state index contributed by atoms with van der Waals surface area (Å²) in [6, 6.07) is 0.627. The molecule has 0 aromatic carbocycles. The van der Waals surface area contributed by atoms with Crippen molar-refractivity contribution in [1.82, 2.24) is 10.2 Å². The van der Waals surface area contributed by atoms with Gasteiger partial charge >= 0.3 is 0 Å². The average molecular weight is 266 g/mol. The summed E-state index contributed by atoms with van der Waals surface area (Å²) in [6.07, 6.45) is 8.64. The minimum atomic E-state index is 0.627. The van der Waals surface area contributed by atoms with Crippen molar-refractivity contribution in [3.63, 3.8) is 0 Å². The second kappa shape index (κ2) is 6.55. The molecule has 0 spiro atoms. The molecule has 2 saturated heterocycles. The van der Waals surface area contributed by atoms with Crippen molar-refractivity contribution in [3.05, 3.63) is 0 Å². The zero-order chi connectivity index (χ0) is 13.1. The molecule has 2 aliphatic heterocycles. The van der Waals surface area contributed by atoms with Gasteiger partial charge in [0.2, 0.25) is 0 Å². The molecule has 0 bridgehead atoms. The molecule has 0 aromatic rings. The first-order chi connectivity index (χ1) is 9.36. The Hall–Kier alpha value is -0.120. The van der Waals surface area contributed by atoms with Crippen LogP contribution in [0.3, 0.4) is 0 Å². The van der Waals surface area contributed by atoms with E-state index in [0.29, 0.717) is 6.04 Å². The fourth-order valence-electron chi connectivity index (χ4n) is 4.47. The Morgan fingerprint density at radius 1 is 1.16 bits per heavy atom. The molecular formula is C16H30N2O. The lowest BCUT2D eigenvalue weighted by atomic mass is 9.75. The normalized spacial score (nSPS) is 38.1. The topological polar surface area (TPSA) is 24.5 Å². The number of hydrogen-bond donors (Lipinski definition) is 1. The van der Waals surface area contributed by atoms with Crippen molar-refractivity contribution in [1.29, 1.82) is 0 Å². The van der Waals surface area contributed by atoms with Crippen molar-refractivity contribution in [2.45, 2.75) is 44.6 Å². The van der Waals surface area contributed by atoms with Crippen LogP contribution in [0.5, 0.6) is 0 Å². The molecule has 2 heterocycles. The van der Waals surface area contributed by atoms with Crippen LogP contribution in [0.2, 0.25) is 0 Å². The fraction of sp³-hybridized carbons (Fsp3) is 1.00. The summed E-state index contributed by atoms with van der Waals surface area (Å²) in [4.78, 5) is 2.73. The maximum absolute atomic E-state index is 5.56.